The molecule has 3 nitrogen and oxygen atoms in total. The molecule has 0 aliphatic carbocycles. The number of aromatic nitrogens is 1. The van der Waals surface area contributed by atoms with Crippen LogP contribution < -0.4 is 10.2 Å². The zero-order chi connectivity index (χ0) is 13.7. The number of hydrogen-bond acceptors (Lipinski definition) is 3. The molecule has 1 aromatic heterocycles. The smallest absolute Gasteiger partial charge is 0.0448 e. The first-order chi connectivity index (χ1) is 9.20. The third-order valence-corrected chi connectivity index (χ3v) is 3.62. The quantitative estimate of drug-likeness (QED) is 0.651. The van der Waals surface area contributed by atoms with Crippen LogP contribution in [0.15, 0.2) is 23.9 Å². The Morgan fingerprint density at radius 1 is 1.37 bits per heavy atom. The van der Waals surface area contributed by atoms with Gasteiger partial charge < -0.3 is 10.2 Å². The molecule has 1 N–H and O–H groups in total. The molecule has 2 heterocycles. The lowest BCUT2D eigenvalue weighted by atomic mass is 10.1. The van der Waals surface area contributed by atoms with Gasteiger partial charge in [-0.2, -0.15) is 0 Å². The number of nitrogens with one attached hydrogen (secondary N) is 1. The summed E-state index contributed by atoms with van der Waals surface area (Å²) in [6, 6.07) is 2.22. The predicted molar refractivity (Wildman–Crippen MR) is 81.6 cm³/mol. The largest absolute Gasteiger partial charge is 0.367 e. The van der Waals surface area contributed by atoms with E-state index in [9.17, 15) is 0 Å². The van der Waals surface area contributed by atoms with E-state index in [1.165, 1.54) is 29.7 Å². The fraction of sp³-hybridized carbons (Fsp3) is 0.562. The maximum atomic E-state index is 4.45. The van der Waals surface area contributed by atoms with Crippen LogP contribution in [0.4, 0.5) is 5.69 Å². The lowest BCUT2D eigenvalue weighted by Crippen LogP contribution is -2.30. The average Bonchev–Trinajstić information content (AvgIpc) is 2.41. The highest BCUT2D eigenvalue weighted by Gasteiger charge is 2.14. The maximum Gasteiger partial charge on any atom is 0.0448 e. The highest BCUT2D eigenvalue weighted by molar-refractivity contribution is 5.55. The van der Waals surface area contributed by atoms with Gasteiger partial charge in [0.2, 0.25) is 0 Å². The minimum Gasteiger partial charge on any atom is -0.367 e. The Bertz CT molecular complexity index is 451. The first-order valence-corrected chi connectivity index (χ1v) is 7.27. The molecule has 0 amide bonds. The highest BCUT2D eigenvalue weighted by atomic mass is 15.1. The van der Waals surface area contributed by atoms with Crippen LogP contribution in [-0.2, 0) is 6.54 Å². The number of rotatable bonds is 5. The molecule has 2 rings (SSSR count). The van der Waals surface area contributed by atoms with Crippen LogP contribution in [0.5, 0.6) is 0 Å². The molecule has 0 saturated carbocycles. The number of anilines is 1. The van der Waals surface area contributed by atoms with Crippen molar-refractivity contribution in [2.45, 2.75) is 40.2 Å². The van der Waals surface area contributed by atoms with E-state index >= 15 is 0 Å². The van der Waals surface area contributed by atoms with Gasteiger partial charge in [0.05, 0.1) is 0 Å². The van der Waals surface area contributed by atoms with Gasteiger partial charge in [0.15, 0.2) is 0 Å². The number of aryl methyl sites for hydroxylation is 1. The fourth-order valence-corrected chi connectivity index (χ4v) is 2.39. The standard InChI is InChI=1S/C16H25N3/c1-4-7-17-11-15-12-18-14(3)10-16(15)19-8-5-13(2)6-9-19/h5,10,12,17H,4,6-9,11H2,1-3H3. The molecule has 0 radical (unpaired) electrons. The van der Waals surface area contributed by atoms with E-state index in [0.29, 0.717) is 0 Å². The summed E-state index contributed by atoms with van der Waals surface area (Å²) in [7, 11) is 0. The van der Waals surface area contributed by atoms with E-state index < -0.39 is 0 Å². The minimum atomic E-state index is 0.912. The Hall–Kier alpha value is -1.35. The van der Waals surface area contributed by atoms with Crippen molar-refractivity contribution in [3.05, 3.63) is 35.2 Å². The van der Waals surface area contributed by atoms with Crippen molar-refractivity contribution < 1.29 is 0 Å². The van der Waals surface area contributed by atoms with Crippen LogP contribution in [-0.4, -0.2) is 24.6 Å². The van der Waals surface area contributed by atoms with Crippen molar-refractivity contribution in [3.8, 4) is 0 Å². The molecule has 0 atom stereocenters. The monoisotopic (exact) mass is 259 g/mol. The third kappa shape index (κ3) is 3.80. The molecule has 0 bridgehead atoms. The Balaban J connectivity index is 2.15. The first-order valence-electron chi connectivity index (χ1n) is 7.27. The molecule has 1 aliphatic rings. The van der Waals surface area contributed by atoms with E-state index in [-0.39, 0.29) is 0 Å². The van der Waals surface area contributed by atoms with E-state index in [0.717, 1.165) is 31.9 Å². The first kappa shape index (κ1) is 14.1. The zero-order valence-electron chi connectivity index (χ0n) is 12.4. The maximum absolute atomic E-state index is 4.45. The van der Waals surface area contributed by atoms with Gasteiger partial charge in [0, 0.05) is 42.8 Å². The summed E-state index contributed by atoms with van der Waals surface area (Å²) in [4.78, 5) is 6.91. The van der Waals surface area contributed by atoms with Crippen molar-refractivity contribution in [1.82, 2.24) is 10.3 Å². The van der Waals surface area contributed by atoms with Crippen molar-refractivity contribution in [2.24, 2.45) is 0 Å². The normalized spacial score (nSPS) is 15.5. The van der Waals surface area contributed by atoms with E-state index in [1.54, 1.807) is 0 Å². The molecular weight excluding hydrogens is 234 g/mol. The van der Waals surface area contributed by atoms with Crippen LogP contribution >= 0.6 is 0 Å². The number of pyridine rings is 1. The van der Waals surface area contributed by atoms with Gasteiger partial charge in [-0.3, -0.25) is 4.98 Å². The van der Waals surface area contributed by atoms with Crippen molar-refractivity contribution >= 4 is 5.69 Å². The summed E-state index contributed by atoms with van der Waals surface area (Å²) in [5, 5.41) is 3.48. The van der Waals surface area contributed by atoms with Gasteiger partial charge in [-0.05, 0) is 39.3 Å². The topological polar surface area (TPSA) is 28.2 Å². The molecule has 0 saturated heterocycles. The van der Waals surface area contributed by atoms with Crippen LogP contribution in [0.1, 0.15) is 37.9 Å². The van der Waals surface area contributed by atoms with E-state index in [1.807, 2.05) is 6.20 Å². The third-order valence-electron chi connectivity index (χ3n) is 3.62. The minimum absolute atomic E-state index is 0.912. The fourth-order valence-electron chi connectivity index (χ4n) is 2.39. The van der Waals surface area contributed by atoms with Crippen molar-refractivity contribution in [2.75, 3.05) is 24.5 Å². The molecule has 1 aliphatic heterocycles. The second kappa shape index (κ2) is 6.71. The summed E-state index contributed by atoms with van der Waals surface area (Å²) < 4.78 is 0. The lowest BCUT2D eigenvalue weighted by Gasteiger charge is -2.29. The van der Waals surface area contributed by atoms with Gasteiger partial charge in [-0.1, -0.05) is 18.6 Å². The molecule has 0 spiro atoms. The summed E-state index contributed by atoms with van der Waals surface area (Å²) in [6.45, 7) is 10.6. The van der Waals surface area contributed by atoms with Crippen molar-refractivity contribution in [3.63, 3.8) is 0 Å². The summed E-state index contributed by atoms with van der Waals surface area (Å²) in [5.41, 5.74) is 5.26. The Morgan fingerprint density at radius 3 is 2.89 bits per heavy atom. The Morgan fingerprint density at radius 2 is 2.21 bits per heavy atom. The molecule has 0 aromatic carbocycles. The van der Waals surface area contributed by atoms with Crippen LogP contribution in [0, 0.1) is 6.92 Å². The average molecular weight is 259 g/mol. The molecular formula is C16H25N3. The summed E-state index contributed by atoms with van der Waals surface area (Å²) >= 11 is 0. The second-order valence-electron chi connectivity index (χ2n) is 5.38. The molecule has 0 unspecified atom stereocenters. The van der Waals surface area contributed by atoms with E-state index in [2.05, 4.69) is 48.1 Å². The van der Waals surface area contributed by atoms with Gasteiger partial charge in [0.25, 0.3) is 0 Å². The SMILES string of the molecule is CCCNCc1cnc(C)cc1N1CC=C(C)CC1. The van der Waals surface area contributed by atoms with Crippen LogP contribution in [0.25, 0.3) is 0 Å². The number of hydrogen-bond donors (Lipinski definition) is 1. The molecule has 3 heteroatoms. The highest BCUT2D eigenvalue weighted by Crippen LogP contribution is 2.24. The van der Waals surface area contributed by atoms with Crippen LogP contribution in [0.3, 0.4) is 0 Å². The molecule has 19 heavy (non-hydrogen) atoms. The molecule has 1 aromatic rings. The molecule has 104 valence electrons. The van der Waals surface area contributed by atoms with E-state index in [4.69, 9.17) is 0 Å². The zero-order valence-corrected chi connectivity index (χ0v) is 12.4. The Labute approximate surface area is 116 Å². The van der Waals surface area contributed by atoms with Crippen molar-refractivity contribution in [1.29, 1.82) is 0 Å². The van der Waals surface area contributed by atoms with Gasteiger partial charge in [-0.15, -0.1) is 0 Å². The van der Waals surface area contributed by atoms with Crippen LogP contribution in [0.2, 0.25) is 0 Å². The predicted octanol–water partition coefficient (Wildman–Crippen LogP) is 3.05. The Kier molecular flexibility index (Phi) is 4.97. The lowest BCUT2D eigenvalue weighted by molar-refractivity contribution is 0.669. The van der Waals surface area contributed by atoms with Gasteiger partial charge in [0.1, 0.15) is 0 Å². The summed E-state index contributed by atoms with van der Waals surface area (Å²) in [6.07, 6.45) is 6.70. The summed E-state index contributed by atoms with van der Waals surface area (Å²) in [5.74, 6) is 0. The molecule has 0 fully saturated rings. The number of nitrogens with zero attached hydrogens (tertiary/aromatic N) is 2. The van der Waals surface area contributed by atoms with Gasteiger partial charge in [-0.25, -0.2) is 0 Å². The van der Waals surface area contributed by atoms with Gasteiger partial charge >= 0.3 is 0 Å². The second-order valence-corrected chi connectivity index (χ2v) is 5.38.